The molecule has 0 fully saturated rings. The van der Waals surface area contributed by atoms with Gasteiger partial charge in [0.15, 0.2) is 6.10 Å². The van der Waals surface area contributed by atoms with E-state index in [4.69, 9.17) is 10.5 Å². The van der Waals surface area contributed by atoms with Gasteiger partial charge in [-0.3, -0.25) is 9.59 Å². The van der Waals surface area contributed by atoms with E-state index >= 15 is 0 Å². The lowest BCUT2D eigenvalue weighted by atomic mass is 10.1. The van der Waals surface area contributed by atoms with Crippen LogP contribution in [-0.2, 0) is 20.7 Å². The molecule has 1 aromatic carbocycles. The van der Waals surface area contributed by atoms with Gasteiger partial charge in [-0.25, -0.2) is 0 Å². The van der Waals surface area contributed by atoms with Gasteiger partial charge in [0.1, 0.15) is 0 Å². The fraction of sp³-hybridized carbons (Fsp3) is 0.500. The number of amides is 1. The van der Waals surface area contributed by atoms with E-state index in [9.17, 15) is 9.59 Å². The Hall–Kier alpha value is -2.04. The molecule has 0 heterocycles. The Labute approximate surface area is 125 Å². The predicted octanol–water partition coefficient (Wildman–Crippen LogP) is 2.05. The second kappa shape index (κ2) is 8.29. The molecular formula is C16H24N2O3. The number of aryl methyl sites for hydroxylation is 1. The van der Waals surface area contributed by atoms with Crippen molar-refractivity contribution in [2.75, 3.05) is 5.73 Å². The van der Waals surface area contributed by atoms with Gasteiger partial charge in [-0.1, -0.05) is 19.1 Å². The van der Waals surface area contributed by atoms with Crippen LogP contribution < -0.4 is 11.1 Å². The van der Waals surface area contributed by atoms with Crippen molar-refractivity contribution in [2.24, 2.45) is 0 Å². The maximum Gasteiger partial charge on any atom is 0.306 e. The average Bonchev–Trinajstić information content (AvgIpc) is 2.45. The first-order chi connectivity index (χ1) is 9.92. The largest absolute Gasteiger partial charge is 0.453 e. The van der Waals surface area contributed by atoms with Crippen molar-refractivity contribution in [3.05, 3.63) is 29.8 Å². The minimum atomic E-state index is -0.771. The van der Waals surface area contributed by atoms with E-state index in [2.05, 4.69) is 5.32 Å². The van der Waals surface area contributed by atoms with Gasteiger partial charge in [0.2, 0.25) is 0 Å². The lowest BCUT2D eigenvalue weighted by molar-refractivity contribution is -0.155. The van der Waals surface area contributed by atoms with Gasteiger partial charge in [-0.15, -0.1) is 0 Å². The topological polar surface area (TPSA) is 81.4 Å². The van der Waals surface area contributed by atoms with Crippen LogP contribution in [0.25, 0.3) is 0 Å². The summed E-state index contributed by atoms with van der Waals surface area (Å²) in [6.07, 6.45) is 0.836. The van der Waals surface area contributed by atoms with Crippen LogP contribution in [0.15, 0.2) is 24.3 Å². The maximum atomic E-state index is 11.8. The SMILES string of the molecule is CCC(C)NC(=O)C(C)OC(=O)CCc1cccc(N)c1. The van der Waals surface area contributed by atoms with Crippen molar-refractivity contribution in [3.63, 3.8) is 0 Å². The third kappa shape index (κ3) is 6.29. The number of nitrogen functional groups attached to an aromatic ring is 1. The monoisotopic (exact) mass is 292 g/mol. The van der Waals surface area contributed by atoms with Gasteiger partial charge in [-0.05, 0) is 44.4 Å². The normalized spacial score (nSPS) is 13.3. The average molecular weight is 292 g/mol. The summed E-state index contributed by atoms with van der Waals surface area (Å²) in [5.74, 6) is -0.647. The van der Waals surface area contributed by atoms with Crippen molar-refractivity contribution in [2.45, 2.75) is 52.2 Å². The summed E-state index contributed by atoms with van der Waals surface area (Å²) in [7, 11) is 0. The van der Waals surface area contributed by atoms with E-state index in [0.29, 0.717) is 12.1 Å². The molecule has 0 bridgehead atoms. The molecule has 2 atom stereocenters. The number of anilines is 1. The highest BCUT2D eigenvalue weighted by Gasteiger charge is 2.18. The molecule has 0 aromatic heterocycles. The summed E-state index contributed by atoms with van der Waals surface area (Å²) in [5, 5.41) is 2.78. The molecular weight excluding hydrogens is 268 g/mol. The van der Waals surface area contributed by atoms with Crippen LogP contribution in [0.4, 0.5) is 5.69 Å². The number of benzene rings is 1. The number of ether oxygens (including phenoxy) is 1. The van der Waals surface area contributed by atoms with E-state index in [1.165, 1.54) is 0 Å². The Bertz CT molecular complexity index is 488. The smallest absolute Gasteiger partial charge is 0.306 e. The molecule has 0 radical (unpaired) electrons. The number of carbonyl (C=O) groups is 2. The molecule has 21 heavy (non-hydrogen) atoms. The zero-order valence-electron chi connectivity index (χ0n) is 12.9. The number of nitrogens with two attached hydrogens (primary N) is 1. The van der Waals surface area contributed by atoms with Crippen molar-refractivity contribution in [3.8, 4) is 0 Å². The molecule has 0 spiro atoms. The Morgan fingerprint density at radius 3 is 2.67 bits per heavy atom. The Balaban J connectivity index is 2.37. The fourth-order valence-electron chi connectivity index (χ4n) is 1.77. The zero-order valence-corrected chi connectivity index (χ0v) is 12.9. The number of hydrogen-bond acceptors (Lipinski definition) is 4. The molecule has 2 unspecified atom stereocenters. The van der Waals surface area contributed by atoms with Gasteiger partial charge in [0.05, 0.1) is 0 Å². The summed E-state index contributed by atoms with van der Waals surface area (Å²) < 4.78 is 5.13. The van der Waals surface area contributed by atoms with Crippen LogP contribution in [0.1, 0.15) is 39.2 Å². The van der Waals surface area contributed by atoms with Crippen LogP contribution in [0.2, 0.25) is 0 Å². The van der Waals surface area contributed by atoms with E-state index in [1.54, 1.807) is 13.0 Å². The second-order valence-electron chi connectivity index (χ2n) is 5.20. The fourth-order valence-corrected chi connectivity index (χ4v) is 1.77. The van der Waals surface area contributed by atoms with Crippen molar-refractivity contribution in [1.29, 1.82) is 0 Å². The van der Waals surface area contributed by atoms with Gasteiger partial charge < -0.3 is 15.8 Å². The number of esters is 1. The number of nitrogens with one attached hydrogen (secondary N) is 1. The number of carbonyl (C=O) groups excluding carboxylic acids is 2. The summed E-state index contributed by atoms with van der Waals surface area (Å²) >= 11 is 0. The molecule has 116 valence electrons. The molecule has 0 aliphatic heterocycles. The van der Waals surface area contributed by atoms with Gasteiger partial charge in [0.25, 0.3) is 5.91 Å². The van der Waals surface area contributed by atoms with Crippen LogP contribution in [0, 0.1) is 0 Å². The maximum absolute atomic E-state index is 11.8. The van der Waals surface area contributed by atoms with Crippen LogP contribution >= 0.6 is 0 Å². The van der Waals surface area contributed by atoms with Gasteiger partial charge in [-0.2, -0.15) is 0 Å². The molecule has 0 aliphatic rings. The predicted molar refractivity (Wildman–Crippen MR) is 82.6 cm³/mol. The van der Waals surface area contributed by atoms with Crippen LogP contribution in [0.3, 0.4) is 0 Å². The van der Waals surface area contributed by atoms with Gasteiger partial charge in [0, 0.05) is 18.2 Å². The molecule has 1 amide bonds. The molecule has 1 aromatic rings. The minimum absolute atomic E-state index is 0.0750. The molecule has 0 aliphatic carbocycles. The number of rotatable bonds is 7. The Kier molecular flexibility index (Phi) is 6.72. The Morgan fingerprint density at radius 1 is 1.33 bits per heavy atom. The first-order valence-corrected chi connectivity index (χ1v) is 7.26. The number of hydrogen-bond donors (Lipinski definition) is 2. The summed E-state index contributed by atoms with van der Waals surface area (Å²) in [6.45, 7) is 5.47. The molecule has 1 rings (SSSR count). The first kappa shape index (κ1) is 17.0. The highest BCUT2D eigenvalue weighted by Crippen LogP contribution is 2.09. The van der Waals surface area contributed by atoms with Crippen molar-refractivity contribution in [1.82, 2.24) is 5.32 Å². The van der Waals surface area contributed by atoms with Crippen LogP contribution in [0.5, 0.6) is 0 Å². The van der Waals surface area contributed by atoms with E-state index in [1.807, 2.05) is 32.0 Å². The molecule has 0 saturated heterocycles. The highest BCUT2D eigenvalue weighted by molar-refractivity contribution is 5.83. The zero-order chi connectivity index (χ0) is 15.8. The van der Waals surface area contributed by atoms with Crippen molar-refractivity contribution >= 4 is 17.6 Å². The van der Waals surface area contributed by atoms with E-state index in [0.717, 1.165) is 12.0 Å². The van der Waals surface area contributed by atoms with Gasteiger partial charge >= 0.3 is 5.97 Å². The standard InChI is InChI=1S/C16H24N2O3/c1-4-11(2)18-16(20)12(3)21-15(19)9-8-13-6-5-7-14(17)10-13/h5-7,10-12H,4,8-9,17H2,1-3H3,(H,18,20). The molecule has 5 nitrogen and oxygen atoms in total. The summed E-state index contributed by atoms with van der Waals surface area (Å²) in [5.41, 5.74) is 7.32. The molecule has 0 saturated carbocycles. The molecule has 5 heteroatoms. The summed E-state index contributed by atoms with van der Waals surface area (Å²) in [6, 6.07) is 7.45. The lowest BCUT2D eigenvalue weighted by Gasteiger charge is -2.16. The second-order valence-corrected chi connectivity index (χ2v) is 5.20. The summed E-state index contributed by atoms with van der Waals surface area (Å²) in [4.78, 5) is 23.5. The first-order valence-electron chi connectivity index (χ1n) is 7.26. The third-order valence-corrected chi connectivity index (χ3v) is 3.25. The highest BCUT2D eigenvalue weighted by atomic mass is 16.5. The lowest BCUT2D eigenvalue weighted by Crippen LogP contribution is -2.40. The quantitative estimate of drug-likeness (QED) is 0.595. The van der Waals surface area contributed by atoms with E-state index in [-0.39, 0.29) is 24.3 Å². The van der Waals surface area contributed by atoms with E-state index < -0.39 is 6.10 Å². The minimum Gasteiger partial charge on any atom is -0.453 e. The van der Waals surface area contributed by atoms with Crippen LogP contribution in [-0.4, -0.2) is 24.0 Å². The molecule has 3 N–H and O–H groups in total. The third-order valence-electron chi connectivity index (χ3n) is 3.25. The van der Waals surface area contributed by atoms with Crippen molar-refractivity contribution < 1.29 is 14.3 Å². The Morgan fingerprint density at radius 2 is 2.05 bits per heavy atom.